The van der Waals surface area contributed by atoms with Gasteiger partial charge < -0.3 is 9.84 Å². The highest BCUT2D eigenvalue weighted by Crippen LogP contribution is 2.41. The summed E-state index contributed by atoms with van der Waals surface area (Å²) in [6.45, 7) is 0. The smallest absolute Gasteiger partial charge is 0.161 e. The maximum atomic E-state index is 13.8. The maximum Gasteiger partial charge on any atom is 0.161 e. The molecule has 0 radical (unpaired) electrons. The summed E-state index contributed by atoms with van der Waals surface area (Å²) in [5.41, 5.74) is 0.0529. The van der Waals surface area contributed by atoms with Crippen molar-refractivity contribution < 1.29 is 27.4 Å². The first-order valence-corrected chi connectivity index (χ1v) is 6.24. The van der Waals surface area contributed by atoms with E-state index in [0.29, 0.717) is 12.1 Å². The lowest BCUT2D eigenvalue weighted by Crippen LogP contribution is -2.20. The molecule has 2 nitrogen and oxygen atoms in total. The second-order valence-electron chi connectivity index (χ2n) is 4.83. The number of aliphatic hydroxyl groups is 1. The third-order valence-electron chi connectivity index (χ3n) is 3.42. The van der Waals surface area contributed by atoms with Crippen molar-refractivity contribution in [3.8, 4) is 5.75 Å². The molecule has 0 amide bonds. The van der Waals surface area contributed by atoms with E-state index in [2.05, 4.69) is 0 Å². The molecule has 21 heavy (non-hydrogen) atoms. The molecule has 1 unspecified atom stereocenters. The minimum Gasteiger partial charge on any atom is -0.485 e. The van der Waals surface area contributed by atoms with Gasteiger partial charge in [0.05, 0.1) is 6.10 Å². The minimum absolute atomic E-state index is 0.0849. The summed E-state index contributed by atoms with van der Waals surface area (Å²) < 4.78 is 58.5. The maximum absolute atomic E-state index is 13.8. The predicted molar refractivity (Wildman–Crippen MR) is 65.7 cm³/mol. The van der Waals surface area contributed by atoms with E-state index in [4.69, 9.17) is 4.74 Å². The van der Waals surface area contributed by atoms with Crippen LogP contribution in [-0.4, -0.2) is 5.11 Å². The number of ether oxygens (including phenoxy) is 1. The summed E-state index contributed by atoms with van der Waals surface area (Å²) in [6.07, 6.45) is -2.15. The van der Waals surface area contributed by atoms with Crippen LogP contribution in [0.4, 0.5) is 17.6 Å². The number of fused-ring (bicyclic) bond motifs is 1. The Labute approximate surface area is 117 Å². The molecule has 2 atom stereocenters. The van der Waals surface area contributed by atoms with Gasteiger partial charge in [0.1, 0.15) is 23.5 Å². The van der Waals surface area contributed by atoms with E-state index in [1.165, 1.54) is 6.07 Å². The summed E-state index contributed by atoms with van der Waals surface area (Å²) >= 11 is 0. The second-order valence-corrected chi connectivity index (χ2v) is 4.83. The van der Waals surface area contributed by atoms with Gasteiger partial charge in [0.15, 0.2) is 11.6 Å². The average Bonchev–Trinajstić information content (AvgIpc) is 2.43. The van der Waals surface area contributed by atoms with Crippen molar-refractivity contribution in [2.24, 2.45) is 0 Å². The summed E-state index contributed by atoms with van der Waals surface area (Å²) in [5.74, 6) is -3.81. The Bertz CT molecular complexity index is 702. The summed E-state index contributed by atoms with van der Waals surface area (Å²) in [7, 11) is 0. The first-order chi connectivity index (χ1) is 9.95. The quantitative estimate of drug-likeness (QED) is 0.641. The number of benzene rings is 2. The van der Waals surface area contributed by atoms with Crippen molar-refractivity contribution >= 4 is 0 Å². The van der Waals surface area contributed by atoms with Crippen LogP contribution >= 0.6 is 0 Å². The van der Waals surface area contributed by atoms with Gasteiger partial charge in [-0.2, -0.15) is 0 Å². The molecule has 0 aliphatic carbocycles. The molecule has 0 saturated heterocycles. The Balaban J connectivity index is 1.99. The van der Waals surface area contributed by atoms with Crippen LogP contribution in [-0.2, 0) is 0 Å². The van der Waals surface area contributed by atoms with Crippen molar-refractivity contribution in [2.75, 3.05) is 0 Å². The number of hydrogen-bond donors (Lipinski definition) is 1. The molecule has 0 saturated carbocycles. The van der Waals surface area contributed by atoms with Crippen LogP contribution in [0.1, 0.15) is 29.8 Å². The Morgan fingerprint density at radius 1 is 0.905 bits per heavy atom. The van der Waals surface area contributed by atoms with Crippen molar-refractivity contribution in [3.63, 3.8) is 0 Å². The van der Waals surface area contributed by atoms with Gasteiger partial charge in [-0.1, -0.05) is 0 Å². The highest BCUT2D eigenvalue weighted by Gasteiger charge is 2.30. The molecule has 0 aromatic heterocycles. The van der Waals surface area contributed by atoms with Gasteiger partial charge in [0.25, 0.3) is 0 Å². The van der Waals surface area contributed by atoms with Gasteiger partial charge in [0, 0.05) is 23.6 Å². The van der Waals surface area contributed by atoms with Gasteiger partial charge in [-0.3, -0.25) is 0 Å². The van der Waals surface area contributed by atoms with Crippen molar-refractivity contribution in [3.05, 3.63) is 64.7 Å². The van der Waals surface area contributed by atoms with Crippen LogP contribution in [0.3, 0.4) is 0 Å². The van der Waals surface area contributed by atoms with Gasteiger partial charge in [-0.15, -0.1) is 0 Å². The molecule has 1 aliphatic heterocycles. The normalized spacial score (nSPS) is 20.8. The zero-order chi connectivity index (χ0) is 15.1. The van der Waals surface area contributed by atoms with E-state index in [1.54, 1.807) is 0 Å². The van der Waals surface area contributed by atoms with Gasteiger partial charge in [-0.25, -0.2) is 17.6 Å². The van der Waals surface area contributed by atoms with Crippen LogP contribution in [0.2, 0.25) is 0 Å². The first-order valence-electron chi connectivity index (χ1n) is 6.24. The Kier molecular flexibility index (Phi) is 3.33. The molecule has 0 bridgehead atoms. The van der Waals surface area contributed by atoms with Gasteiger partial charge in [0.2, 0.25) is 0 Å². The second kappa shape index (κ2) is 5.04. The summed E-state index contributed by atoms with van der Waals surface area (Å²) in [6, 6.07) is 4.70. The molecule has 110 valence electrons. The molecule has 2 aromatic carbocycles. The topological polar surface area (TPSA) is 29.5 Å². The van der Waals surface area contributed by atoms with Crippen molar-refractivity contribution in [2.45, 2.75) is 18.6 Å². The largest absolute Gasteiger partial charge is 0.485 e. The molecular formula is C15H10F4O2. The SMILES string of the molecule is O[C@@H]1CC(c2cc(F)c(F)cc2F)Oc2ccc(F)cc21. The van der Waals surface area contributed by atoms with Crippen LogP contribution in [0, 0.1) is 23.3 Å². The van der Waals surface area contributed by atoms with Crippen LogP contribution in [0.5, 0.6) is 5.75 Å². The third kappa shape index (κ3) is 2.47. The highest BCUT2D eigenvalue weighted by atomic mass is 19.2. The average molecular weight is 298 g/mol. The minimum atomic E-state index is -1.30. The van der Waals surface area contributed by atoms with E-state index < -0.39 is 35.5 Å². The number of hydrogen-bond acceptors (Lipinski definition) is 2. The van der Waals surface area contributed by atoms with Gasteiger partial charge in [-0.05, 0) is 24.3 Å². The van der Waals surface area contributed by atoms with E-state index in [-0.39, 0.29) is 23.3 Å². The standard InChI is InChI=1S/C15H10F4O2/c16-7-1-2-14-9(3-7)13(20)6-15(21-14)8-4-11(18)12(19)5-10(8)17/h1-5,13,15,20H,6H2/t13-,15?/m1/s1. The molecule has 6 heteroatoms. The molecule has 0 fully saturated rings. The fourth-order valence-electron chi connectivity index (χ4n) is 2.39. The monoisotopic (exact) mass is 298 g/mol. The van der Waals surface area contributed by atoms with E-state index in [1.807, 2.05) is 0 Å². The van der Waals surface area contributed by atoms with Crippen molar-refractivity contribution in [1.29, 1.82) is 0 Å². The Morgan fingerprint density at radius 2 is 1.62 bits per heavy atom. The van der Waals surface area contributed by atoms with E-state index >= 15 is 0 Å². The molecule has 2 aromatic rings. The molecular weight excluding hydrogens is 288 g/mol. The summed E-state index contributed by atoms with van der Waals surface area (Å²) in [5, 5.41) is 10.00. The highest BCUT2D eigenvalue weighted by molar-refractivity contribution is 5.39. The van der Waals surface area contributed by atoms with Crippen LogP contribution in [0.25, 0.3) is 0 Å². The van der Waals surface area contributed by atoms with Crippen LogP contribution < -0.4 is 4.74 Å². The zero-order valence-corrected chi connectivity index (χ0v) is 10.6. The predicted octanol–water partition coefficient (Wildman–Crippen LogP) is 3.80. The van der Waals surface area contributed by atoms with E-state index in [0.717, 1.165) is 12.1 Å². The lowest BCUT2D eigenvalue weighted by atomic mass is 9.94. The lowest BCUT2D eigenvalue weighted by Gasteiger charge is -2.30. The molecule has 1 heterocycles. The molecule has 1 aliphatic rings. The zero-order valence-electron chi connectivity index (χ0n) is 10.6. The van der Waals surface area contributed by atoms with E-state index in [9.17, 15) is 22.7 Å². The first kappa shape index (κ1) is 13.9. The number of aliphatic hydroxyl groups excluding tert-OH is 1. The number of rotatable bonds is 1. The van der Waals surface area contributed by atoms with Crippen LogP contribution in [0.15, 0.2) is 30.3 Å². The van der Waals surface area contributed by atoms with Gasteiger partial charge >= 0.3 is 0 Å². The fraction of sp³-hybridized carbons (Fsp3) is 0.200. The Morgan fingerprint density at radius 3 is 2.38 bits per heavy atom. The number of halogens is 4. The molecule has 3 rings (SSSR count). The molecule has 1 N–H and O–H groups in total. The molecule has 0 spiro atoms. The Hall–Kier alpha value is -2.08. The fourth-order valence-corrected chi connectivity index (χ4v) is 2.39. The van der Waals surface area contributed by atoms with Crippen molar-refractivity contribution in [1.82, 2.24) is 0 Å². The lowest BCUT2D eigenvalue weighted by molar-refractivity contribution is 0.0633. The third-order valence-corrected chi connectivity index (χ3v) is 3.42. The summed E-state index contributed by atoms with van der Waals surface area (Å²) in [4.78, 5) is 0.